The summed E-state index contributed by atoms with van der Waals surface area (Å²) in [6.45, 7) is 0. The topological polar surface area (TPSA) is 0 Å². The third-order valence-corrected chi connectivity index (χ3v) is 6.13. The molecule has 1 atom stereocenters. The van der Waals surface area contributed by atoms with Gasteiger partial charge in [-0.1, -0.05) is 66.7 Å². The van der Waals surface area contributed by atoms with E-state index in [1.54, 1.807) is 0 Å². The van der Waals surface area contributed by atoms with Crippen LogP contribution in [0.4, 0.5) is 0 Å². The molecule has 0 nitrogen and oxygen atoms in total. The summed E-state index contributed by atoms with van der Waals surface area (Å²) in [5, 5.41) is 5.30. The van der Waals surface area contributed by atoms with Crippen molar-refractivity contribution in [1.29, 1.82) is 0 Å². The molecule has 4 rings (SSSR count). The summed E-state index contributed by atoms with van der Waals surface area (Å²) < 4.78 is 1.19. The molecule has 3 aromatic rings. The van der Waals surface area contributed by atoms with E-state index < -0.39 is 0 Å². The molecule has 0 amide bonds. The molecule has 0 N–H and O–H groups in total. The molecule has 1 unspecified atom stereocenters. The lowest BCUT2D eigenvalue weighted by atomic mass is 9.94. The first kappa shape index (κ1) is 14.1. The summed E-state index contributed by atoms with van der Waals surface area (Å²) in [7, 11) is 0. The zero-order valence-electron chi connectivity index (χ0n) is 12.0. The van der Waals surface area contributed by atoms with Crippen LogP contribution in [-0.2, 0) is 0 Å². The van der Waals surface area contributed by atoms with Gasteiger partial charge in [-0.05, 0) is 55.2 Å². The summed E-state index contributed by atoms with van der Waals surface area (Å²) in [5.74, 6) is 0. The molecule has 1 aliphatic heterocycles. The predicted octanol–water partition coefficient (Wildman–Crippen LogP) is 6.96. The van der Waals surface area contributed by atoms with E-state index in [2.05, 4.69) is 88.1 Å². The number of hydrogen-bond acceptors (Lipinski definition) is 1. The highest BCUT2D eigenvalue weighted by atomic mass is 79.9. The number of halogens is 1. The van der Waals surface area contributed by atoms with E-state index in [9.17, 15) is 0 Å². The molecule has 0 aliphatic carbocycles. The maximum absolute atomic E-state index is 3.84. The third-order valence-electron chi connectivity index (χ3n) is 4.15. The van der Waals surface area contributed by atoms with Crippen LogP contribution < -0.4 is 0 Å². The van der Waals surface area contributed by atoms with Gasteiger partial charge in [0.2, 0.25) is 0 Å². The fourth-order valence-electron chi connectivity index (χ4n) is 3.05. The van der Waals surface area contributed by atoms with Crippen LogP contribution in [0.15, 0.2) is 76.6 Å². The van der Waals surface area contributed by atoms with Gasteiger partial charge in [-0.2, -0.15) is 0 Å². The van der Waals surface area contributed by atoms with Gasteiger partial charge in [0.05, 0.1) is 0 Å². The SMILES string of the molecule is Brc1c(-c2ccccc2C2CC=CS2)ccc2ccccc12. The van der Waals surface area contributed by atoms with Crippen molar-refractivity contribution < 1.29 is 0 Å². The average molecular weight is 367 g/mol. The molecule has 0 radical (unpaired) electrons. The first-order chi connectivity index (χ1) is 10.8. The standard InChI is InChI=1S/C20H15BrS/c21-20-15-7-2-1-6-14(15)11-12-18(20)16-8-3-4-9-17(16)19-10-5-13-22-19/h1-9,11-13,19H,10H2. The molecule has 1 heterocycles. The molecule has 0 fully saturated rings. The van der Waals surface area contributed by atoms with Gasteiger partial charge in [0.15, 0.2) is 0 Å². The summed E-state index contributed by atoms with van der Waals surface area (Å²) in [6.07, 6.45) is 3.38. The molecule has 2 heteroatoms. The second-order valence-corrected chi connectivity index (χ2v) is 7.37. The number of allylic oxidation sites excluding steroid dienone is 1. The summed E-state index contributed by atoms with van der Waals surface area (Å²) in [6, 6.07) is 21.8. The number of benzene rings is 3. The predicted molar refractivity (Wildman–Crippen MR) is 101 cm³/mol. The van der Waals surface area contributed by atoms with Crippen LogP contribution >= 0.6 is 27.7 Å². The van der Waals surface area contributed by atoms with Crippen LogP contribution in [0.3, 0.4) is 0 Å². The lowest BCUT2D eigenvalue weighted by molar-refractivity contribution is 0.993. The Morgan fingerprint density at radius 1 is 0.864 bits per heavy atom. The van der Waals surface area contributed by atoms with Gasteiger partial charge in [0, 0.05) is 9.72 Å². The molecule has 0 bridgehead atoms. The van der Waals surface area contributed by atoms with Gasteiger partial charge in [0.1, 0.15) is 0 Å². The van der Waals surface area contributed by atoms with Crippen LogP contribution in [0.25, 0.3) is 21.9 Å². The maximum Gasteiger partial charge on any atom is 0.0379 e. The monoisotopic (exact) mass is 366 g/mol. The van der Waals surface area contributed by atoms with Crippen molar-refractivity contribution in [3.8, 4) is 11.1 Å². The highest BCUT2D eigenvalue weighted by molar-refractivity contribution is 9.10. The summed E-state index contributed by atoms with van der Waals surface area (Å²) >= 11 is 5.76. The number of fused-ring (bicyclic) bond motifs is 1. The molecule has 3 aromatic carbocycles. The molecule has 0 saturated carbocycles. The van der Waals surface area contributed by atoms with E-state index in [4.69, 9.17) is 0 Å². The molecular formula is C20H15BrS. The first-order valence-electron chi connectivity index (χ1n) is 7.41. The minimum absolute atomic E-state index is 0.537. The fourth-order valence-corrected chi connectivity index (χ4v) is 4.74. The highest BCUT2D eigenvalue weighted by Crippen LogP contribution is 2.44. The van der Waals surface area contributed by atoms with Crippen molar-refractivity contribution in [2.24, 2.45) is 0 Å². The van der Waals surface area contributed by atoms with Crippen LogP contribution in [0.2, 0.25) is 0 Å². The molecule has 1 aliphatic rings. The molecule has 0 saturated heterocycles. The molecule has 22 heavy (non-hydrogen) atoms. The average Bonchev–Trinajstić information content (AvgIpc) is 3.10. The molecule has 0 spiro atoms. The number of rotatable bonds is 2. The quantitative estimate of drug-likeness (QED) is 0.472. The zero-order valence-corrected chi connectivity index (χ0v) is 14.4. The molecule has 108 valence electrons. The van der Waals surface area contributed by atoms with Crippen molar-refractivity contribution >= 4 is 38.5 Å². The van der Waals surface area contributed by atoms with E-state index in [0.717, 1.165) is 6.42 Å². The van der Waals surface area contributed by atoms with Gasteiger partial charge in [-0.3, -0.25) is 0 Å². The smallest absolute Gasteiger partial charge is 0.0379 e. The van der Waals surface area contributed by atoms with Crippen molar-refractivity contribution in [1.82, 2.24) is 0 Å². The highest BCUT2D eigenvalue weighted by Gasteiger charge is 2.19. The normalized spacial score (nSPS) is 17.2. The Morgan fingerprint density at radius 3 is 2.55 bits per heavy atom. The second kappa shape index (κ2) is 5.94. The number of hydrogen-bond donors (Lipinski definition) is 0. The van der Waals surface area contributed by atoms with Gasteiger partial charge >= 0.3 is 0 Å². The van der Waals surface area contributed by atoms with E-state index in [1.807, 2.05) is 11.8 Å². The van der Waals surface area contributed by atoms with E-state index in [1.165, 1.54) is 31.9 Å². The Bertz CT molecular complexity index is 858. The lowest BCUT2D eigenvalue weighted by Crippen LogP contribution is -1.94. The van der Waals surface area contributed by atoms with Crippen LogP contribution in [0.1, 0.15) is 17.2 Å². The minimum atomic E-state index is 0.537. The van der Waals surface area contributed by atoms with Gasteiger partial charge in [0.25, 0.3) is 0 Å². The first-order valence-corrected chi connectivity index (χ1v) is 9.15. The fraction of sp³-hybridized carbons (Fsp3) is 0.100. The second-order valence-electron chi connectivity index (χ2n) is 5.47. The largest absolute Gasteiger partial charge is 0.126 e. The van der Waals surface area contributed by atoms with Crippen LogP contribution in [0, 0.1) is 0 Å². The molecule has 0 aromatic heterocycles. The Labute approximate surface area is 143 Å². The third kappa shape index (κ3) is 2.41. The maximum atomic E-state index is 3.84. The van der Waals surface area contributed by atoms with Crippen molar-refractivity contribution in [2.75, 3.05) is 0 Å². The Balaban J connectivity index is 1.90. The minimum Gasteiger partial charge on any atom is -0.126 e. The summed E-state index contributed by atoms with van der Waals surface area (Å²) in [5.41, 5.74) is 4.04. The Morgan fingerprint density at radius 2 is 1.68 bits per heavy atom. The van der Waals surface area contributed by atoms with Gasteiger partial charge in [-0.15, -0.1) is 11.8 Å². The zero-order chi connectivity index (χ0) is 14.9. The van der Waals surface area contributed by atoms with E-state index in [-0.39, 0.29) is 0 Å². The van der Waals surface area contributed by atoms with Crippen LogP contribution in [-0.4, -0.2) is 0 Å². The van der Waals surface area contributed by atoms with Crippen LogP contribution in [0.5, 0.6) is 0 Å². The van der Waals surface area contributed by atoms with Crippen molar-refractivity contribution in [2.45, 2.75) is 11.7 Å². The van der Waals surface area contributed by atoms with Crippen molar-refractivity contribution in [3.63, 3.8) is 0 Å². The Hall–Kier alpha value is -1.51. The van der Waals surface area contributed by atoms with Gasteiger partial charge < -0.3 is 0 Å². The summed E-state index contributed by atoms with van der Waals surface area (Å²) in [4.78, 5) is 0. The molecular weight excluding hydrogens is 352 g/mol. The lowest BCUT2D eigenvalue weighted by Gasteiger charge is -2.17. The van der Waals surface area contributed by atoms with E-state index >= 15 is 0 Å². The number of thioether (sulfide) groups is 1. The van der Waals surface area contributed by atoms with Gasteiger partial charge in [-0.25, -0.2) is 0 Å². The van der Waals surface area contributed by atoms with E-state index in [0.29, 0.717) is 5.25 Å². The van der Waals surface area contributed by atoms with Crippen molar-refractivity contribution in [3.05, 3.63) is 82.2 Å². The Kier molecular flexibility index (Phi) is 3.81.